The van der Waals surface area contributed by atoms with Crippen molar-refractivity contribution in [3.8, 4) is 0 Å². The van der Waals surface area contributed by atoms with Crippen LogP contribution >= 0.6 is 0 Å². The van der Waals surface area contributed by atoms with E-state index in [1.165, 1.54) is 5.56 Å². The second-order valence-electron chi connectivity index (χ2n) is 3.34. The Morgan fingerprint density at radius 2 is 1.64 bits per heavy atom. The molecule has 1 heteroatoms. The maximum absolute atomic E-state index is 2.20. The van der Waals surface area contributed by atoms with E-state index >= 15 is 0 Å². The molecule has 2 rings (SSSR count). The van der Waals surface area contributed by atoms with Crippen molar-refractivity contribution in [2.75, 3.05) is 0 Å². The Hall–Kier alpha value is -0.677. The van der Waals surface area contributed by atoms with Gasteiger partial charge in [0.1, 0.15) is 0 Å². The van der Waals surface area contributed by atoms with Crippen LogP contribution in [-0.2, 0) is 19.5 Å². The molecule has 0 aliphatic heterocycles. The summed E-state index contributed by atoms with van der Waals surface area (Å²) in [6.07, 6.45) is 0. The molecule has 76 valence electrons. The van der Waals surface area contributed by atoms with E-state index in [2.05, 4.69) is 38.1 Å². The van der Waals surface area contributed by atoms with Gasteiger partial charge in [-0.05, 0) is 5.92 Å². The summed E-state index contributed by atoms with van der Waals surface area (Å²) in [6.45, 7) is 4.41. The maximum Gasteiger partial charge on any atom is 2.00 e. The van der Waals surface area contributed by atoms with Crippen LogP contribution in [0.4, 0.5) is 0 Å². The van der Waals surface area contributed by atoms with Gasteiger partial charge in [0.25, 0.3) is 0 Å². The molecule has 0 N–H and O–H groups in total. The topological polar surface area (TPSA) is 0 Å². The van der Waals surface area contributed by atoms with E-state index in [4.69, 9.17) is 0 Å². The van der Waals surface area contributed by atoms with Crippen LogP contribution in [0.3, 0.4) is 0 Å². The maximum atomic E-state index is 2.20. The molecule has 0 amide bonds. The Balaban J connectivity index is 0.000000246. The summed E-state index contributed by atoms with van der Waals surface area (Å²) in [7, 11) is 0. The van der Waals surface area contributed by atoms with Crippen LogP contribution in [0.15, 0.2) is 54.6 Å². The van der Waals surface area contributed by atoms with Crippen molar-refractivity contribution < 1.29 is 19.5 Å². The van der Waals surface area contributed by atoms with Crippen molar-refractivity contribution in [1.29, 1.82) is 0 Å². The third-order valence-corrected chi connectivity index (χ3v) is 1.91. The fourth-order valence-corrected chi connectivity index (χ4v) is 1.09. The second-order valence-corrected chi connectivity index (χ2v) is 3.34. The number of hydrogen-bond acceptors (Lipinski definition) is 0. The van der Waals surface area contributed by atoms with E-state index in [0.29, 0.717) is 5.92 Å². The molecule has 0 saturated heterocycles. The molecule has 0 atom stereocenters. The van der Waals surface area contributed by atoms with Gasteiger partial charge in [0.2, 0.25) is 0 Å². The van der Waals surface area contributed by atoms with Crippen LogP contribution in [0, 0.1) is 0 Å². The first-order valence-electron chi connectivity index (χ1n) is 4.69. The van der Waals surface area contributed by atoms with E-state index < -0.39 is 0 Å². The van der Waals surface area contributed by atoms with Gasteiger partial charge in [0, 0.05) is 0 Å². The third-order valence-electron chi connectivity index (χ3n) is 1.91. The first kappa shape index (κ1) is 13.3. The average Bonchev–Trinajstić information content (AvgIpc) is 2.82. The molecule has 0 fully saturated rings. The molecule has 14 heavy (non-hydrogen) atoms. The van der Waals surface area contributed by atoms with Crippen molar-refractivity contribution in [2.45, 2.75) is 19.8 Å². The Labute approximate surface area is 99.5 Å². The van der Waals surface area contributed by atoms with Gasteiger partial charge in [0.15, 0.2) is 0 Å². The number of rotatable bonds is 1. The van der Waals surface area contributed by atoms with Crippen LogP contribution in [0.25, 0.3) is 0 Å². The second kappa shape index (κ2) is 7.70. The van der Waals surface area contributed by atoms with E-state index in [0.717, 1.165) is 0 Å². The van der Waals surface area contributed by atoms with Crippen molar-refractivity contribution in [3.63, 3.8) is 0 Å². The molecule has 0 heterocycles. The van der Waals surface area contributed by atoms with Gasteiger partial charge >= 0.3 is 19.5 Å². The molecule has 0 aliphatic rings. The minimum Gasteiger partial charge on any atom is -0.214 e. The quantitative estimate of drug-likeness (QED) is 0.545. The summed E-state index contributed by atoms with van der Waals surface area (Å²) in [5, 5.41) is 0. The number of hydrogen-bond donors (Lipinski definition) is 0. The van der Waals surface area contributed by atoms with E-state index in [1.807, 2.05) is 30.3 Å². The fourth-order valence-electron chi connectivity index (χ4n) is 1.09. The standard InChI is InChI=1S/C8H11.C5H5.Ru/c1-7(2)8-5-3-4-6-8;1-2-4-5-3-1;/h3-7H,1-2H3;1-5H;/q2*-1;+2. The molecular weight excluding hydrogens is 257 g/mol. The summed E-state index contributed by atoms with van der Waals surface area (Å²) in [6, 6.07) is 18.5. The molecule has 0 bridgehead atoms. The fraction of sp³-hybridized carbons (Fsp3) is 0.231. The first-order valence-corrected chi connectivity index (χ1v) is 4.69. The van der Waals surface area contributed by atoms with E-state index in [9.17, 15) is 0 Å². The minimum absolute atomic E-state index is 0. The van der Waals surface area contributed by atoms with Crippen molar-refractivity contribution in [2.24, 2.45) is 0 Å². The van der Waals surface area contributed by atoms with Crippen molar-refractivity contribution >= 4 is 0 Å². The monoisotopic (exact) mass is 274 g/mol. The summed E-state index contributed by atoms with van der Waals surface area (Å²) >= 11 is 0. The third kappa shape index (κ3) is 5.14. The van der Waals surface area contributed by atoms with E-state index in [-0.39, 0.29) is 19.5 Å². The molecular formula is C13H16Ru. The van der Waals surface area contributed by atoms with Crippen LogP contribution < -0.4 is 0 Å². The van der Waals surface area contributed by atoms with Crippen LogP contribution in [-0.4, -0.2) is 0 Å². The van der Waals surface area contributed by atoms with Gasteiger partial charge in [-0.15, -0.1) is 0 Å². The van der Waals surface area contributed by atoms with Gasteiger partial charge in [-0.3, -0.25) is 0 Å². The largest absolute Gasteiger partial charge is 2.00 e. The predicted octanol–water partition coefficient (Wildman–Crippen LogP) is 3.93. The first-order chi connectivity index (χ1) is 6.30. The van der Waals surface area contributed by atoms with Gasteiger partial charge < -0.3 is 0 Å². The van der Waals surface area contributed by atoms with Crippen LogP contribution in [0.5, 0.6) is 0 Å². The minimum atomic E-state index is 0. The molecule has 0 spiro atoms. The van der Waals surface area contributed by atoms with Gasteiger partial charge in [-0.25, -0.2) is 24.3 Å². The molecule has 0 saturated carbocycles. The molecule has 0 radical (unpaired) electrons. The smallest absolute Gasteiger partial charge is 0.214 e. The molecule has 2 aromatic rings. The zero-order valence-corrected chi connectivity index (χ0v) is 10.4. The Morgan fingerprint density at radius 1 is 1.00 bits per heavy atom. The molecule has 0 aromatic heterocycles. The van der Waals surface area contributed by atoms with Gasteiger partial charge in [0.05, 0.1) is 0 Å². The van der Waals surface area contributed by atoms with E-state index in [1.54, 1.807) is 0 Å². The summed E-state index contributed by atoms with van der Waals surface area (Å²) in [4.78, 5) is 0. The summed E-state index contributed by atoms with van der Waals surface area (Å²) in [5.41, 5.74) is 1.44. The Morgan fingerprint density at radius 3 is 1.86 bits per heavy atom. The van der Waals surface area contributed by atoms with Crippen LogP contribution in [0.2, 0.25) is 0 Å². The molecule has 0 nitrogen and oxygen atoms in total. The Bertz CT molecular complexity index is 260. The normalized spacial score (nSPS) is 8.79. The van der Waals surface area contributed by atoms with Crippen LogP contribution in [0.1, 0.15) is 25.3 Å². The average molecular weight is 273 g/mol. The molecule has 0 unspecified atom stereocenters. The van der Waals surface area contributed by atoms with Gasteiger partial charge in [-0.1, -0.05) is 13.8 Å². The summed E-state index contributed by atoms with van der Waals surface area (Å²) < 4.78 is 0. The van der Waals surface area contributed by atoms with Gasteiger partial charge in [-0.2, -0.15) is 35.9 Å². The predicted molar refractivity (Wildman–Crippen MR) is 58.2 cm³/mol. The zero-order valence-electron chi connectivity index (χ0n) is 8.63. The Kier molecular flexibility index (Phi) is 7.33. The van der Waals surface area contributed by atoms with Crippen molar-refractivity contribution in [3.05, 3.63) is 60.2 Å². The summed E-state index contributed by atoms with van der Waals surface area (Å²) in [5.74, 6) is 0.685. The molecule has 2 aromatic carbocycles. The molecule has 0 aliphatic carbocycles. The zero-order chi connectivity index (χ0) is 9.52. The SMILES string of the molecule is CC(C)c1ccc[cH-]1.[Ru+2].c1cc[cH-]c1. The van der Waals surface area contributed by atoms with Crippen molar-refractivity contribution in [1.82, 2.24) is 0 Å².